The van der Waals surface area contributed by atoms with Gasteiger partial charge in [-0.25, -0.2) is 8.78 Å². The summed E-state index contributed by atoms with van der Waals surface area (Å²) in [5, 5.41) is 0. The minimum Gasteiger partial charge on any atom is -0.271 e. The monoisotopic (exact) mass is 344 g/mol. The molecule has 2 fully saturated rings. The number of hydrogen-bond donors (Lipinski definition) is 2. The molecule has 0 aromatic heterocycles. The van der Waals surface area contributed by atoms with E-state index in [2.05, 4.69) is 21.4 Å². The number of hydrazine groups is 1. The van der Waals surface area contributed by atoms with Crippen LogP contribution in [0.1, 0.15) is 43.7 Å². The van der Waals surface area contributed by atoms with Crippen molar-refractivity contribution in [2.24, 2.45) is 23.6 Å². The Bertz CT molecular complexity index is 486. The highest BCUT2D eigenvalue weighted by molar-refractivity contribution is 9.10. The fourth-order valence-corrected chi connectivity index (χ4v) is 4.53. The van der Waals surface area contributed by atoms with Crippen LogP contribution in [0.4, 0.5) is 8.78 Å². The third-order valence-electron chi connectivity index (χ3n) is 5.02. The molecule has 5 heteroatoms. The fourth-order valence-electron chi connectivity index (χ4n) is 4.12. The lowest BCUT2D eigenvalue weighted by atomic mass is 9.83. The van der Waals surface area contributed by atoms with Gasteiger partial charge >= 0.3 is 0 Å². The predicted octanol–water partition coefficient (Wildman–Crippen LogP) is 4.06. The zero-order valence-electron chi connectivity index (χ0n) is 11.2. The highest BCUT2D eigenvalue weighted by Crippen LogP contribution is 2.51. The maximum atomic E-state index is 14.0. The van der Waals surface area contributed by atoms with E-state index in [-0.39, 0.29) is 5.56 Å². The molecule has 3 N–H and O–H groups in total. The van der Waals surface area contributed by atoms with E-state index >= 15 is 0 Å². The molecule has 4 unspecified atom stereocenters. The molecule has 2 aliphatic carbocycles. The van der Waals surface area contributed by atoms with Gasteiger partial charge in [0.25, 0.3) is 0 Å². The van der Waals surface area contributed by atoms with Crippen molar-refractivity contribution in [2.75, 3.05) is 0 Å². The molecular formula is C15H19BrF2N2. The van der Waals surface area contributed by atoms with Crippen LogP contribution in [-0.2, 0) is 0 Å². The van der Waals surface area contributed by atoms with Crippen LogP contribution < -0.4 is 11.3 Å². The van der Waals surface area contributed by atoms with Gasteiger partial charge in [-0.1, -0.05) is 22.4 Å². The molecule has 0 heterocycles. The van der Waals surface area contributed by atoms with Crippen molar-refractivity contribution in [3.05, 3.63) is 33.8 Å². The standard InChI is InChI=1S/C15H19BrF2N2/c16-11-6-12(17)15(13(18)7-11)14(20-19)5-10-4-8-1-2-9(10)3-8/h6-10,14,20H,1-5,19H2. The van der Waals surface area contributed by atoms with E-state index in [0.717, 1.165) is 11.8 Å². The zero-order valence-corrected chi connectivity index (χ0v) is 12.8. The van der Waals surface area contributed by atoms with Crippen molar-refractivity contribution in [3.63, 3.8) is 0 Å². The van der Waals surface area contributed by atoms with Crippen molar-refractivity contribution in [1.82, 2.24) is 5.43 Å². The van der Waals surface area contributed by atoms with Gasteiger partial charge in [0.1, 0.15) is 11.6 Å². The summed E-state index contributed by atoms with van der Waals surface area (Å²) in [6, 6.07) is 2.14. The average molecular weight is 345 g/mol. The van der Waals surface area contributed by atoms with Crippen LogP contribution in [0.2, 0.25) is 0 Å². The number of nitrogens with two attached hydrogens (primary N) is 1. The van der Waals surface area contributed by atoms with Gasteiger partial charge in [-0.15, -0.1) is 0 Å². The summed E-state index contributed by atoms with van der Waals surface area (Å²) >= 11 is 3.10. The number of benzene rings is 1. The van der Waals surface area contributed by atoms with Gasteiger partial charge in [-0.05, 0) is 55.6 Å². The van der Waals surface area contributed by atoms with Gasteiger partial charge in [0.2, 0.25) is 0 Å². The maximum absolute atomic E-state index is 14.0. The first-order valence-electron chi connectivity index (χ1n) is 7.19. The van der Waals surface area contributed by atoms with Crippen LogP contribution in [0.25, 0.3) is 0 Å². The summed E-state index contributed by atoms with van der Waals surface area (Å²) in [5.41, 5.74) is 2.68. The van der Waals surface area contributed by atoms with Crippen LogP contribution >= 0.6 is 15.9 Å². The molecule has 0 saturated heterocycles. The Morgan fingerprint density at radius 3 is 2.45 bits per heavy atom. The SMILES string of the molecule is NNC(CC1CC2CCC1C2)c1c(F)cc(Br)cc1F. The Balaban J connectivity index is 1.80. The summed E-state index contributed by atoms with van der Waals surface area (Å²) in [6.07, 6.45) is 5.77. The Hall–Kier alpha value is -0.520. The Morgan fingerprint density at radius 2 is 1.95 bits per heavy atom. The largest absolute Gasteiger partial charge is 0.271 e. The molecule has 0 aliphatic heterocycles. The lowest BCUT2D eigenvalue weighted by molar-refractivity contribution is 0.274. The highest BCUT2D eigenvalue weighted by atomic mass is 79.9. The molecule has 2 nitrogen and oxygen atoms in total. The molecule has 2 saturated carbocycles. The summed E-state index contributed by atoms with van der Waals surface area (Å²) in [7, 11) is 0. The number of fused-ring (bicyclic) bond motifs is 2. The normalized spacial score (nSPS) is 29.9. The molecule has 20 heavy (non-hydrogen) atoms. The fraction of sp³-hybridized carbons (Fsp3) is 0.600. The first-order valence-corrected chi connectivity index (χ1v) is 7.98. The van der Waals surface area contributed by atoms with E-state index < -0.39 is 17.7 Å². The second-order valence-corrected chi connectivity index (χ2v) is 7.09. The van der Waals surface area contributed by atoms with E-state index in [1.54, 1.807) is 0 Å². The van der Waals surface area contributed by atoms with E-state index in [1.165, 1.54) is 37.8 Å². The Morgan fingerprint density at radius 1 is 1.25 bits per heavy atom. The van der Waals surface area contributed by atoms with Crippen LogP contribution in [-0.4, -0.2) is 0 Å². The molecule has 0 amide bonds. The average Bonchev–Trinajstić information content (AvgIpc) is 2.98. The van der Waals surface area contributed by atoms with Gasteiger partial charge in [0.05, 0.1) is 6.04 Å². The summed E-state index contributed by atoms with van der Waals surface area (Å²) in [6.45, 7) is 0. The van der Waals surface area contributed by atoms with Gasteiger partial charge in [-0.3, -0.25) is 11.3 Å². The highest BCUT2D eigenvalue weighted by Gasteiger charge is 2.40. The third kappa shape index (κ3) is 2.63. The lowest BCUT2D eigenvalue weighted by Gasteiger charge is -2.27. The van der Waals surface area contributed by atoms with Crippen molar-refractivity contribution in [1.29, 1.82) is 0 Å². The van der Waals surface area contributed by atoms with Crippen molar-refractivity contribution >= 4 is 15.9 Å². The van der Waals surface area contributed by atoms with E-state index in [1.807, 2.05) is 0 Å². The van der Waals surface area contributed by atoms with Crippen molar-refractivity contribution < 1.29 is 8.78 Å². The Labute approximate surface area is 126 Å². The van der Waals surface area contributed by atoms with Gasteiger partial charge < -0.3 is 0 Å². The molecule has 0 spiro atoms. The van der Waals surface area contributed by atoms with E-state index in [0.29, 0.717) is 16.8 Å². The van der Waals surface area contributed by atoms with Gasteiger partial charge in [0, 0.05) is 10.0 Å². The van der Waals surface area contributed by atoms with Crippen LogP contribution in [0, 0.1) is 29.4 Å². The quantitative estimate of drug-likeness (QED) is 0.638. The van der Waals surface area contributed by atoms with Crippen LogP contribution in [0.5, 0.6) is 0 Å². The summed E-state index contributed by atoms with van der Waals surface area (Å²) in [5.74, 6) is 6.57. The lowest BCUT2D eigenvalue weighted by Crippen LogP contribution is -2.32. The molecule has 2 aliphatic rings. The first-order chi connectivity index (χ1) is 9.58. The molecule has 4 atom stereocenters. The first kappa shape index (κ1) is 14.4. The van der Waals surface area contributed by atoms with Crippen molar-refractivity contribution in [2.45, 2.75) is 38.1 Å². The number of halogens is 3. The van der Waals surface area contributed by atoms with E-state index in [4.69, 9.17) is 5.84 Å². The summed E-state index contributed by atoms with van der Waals surface area (Å²) in [4.78, 5) is 0. The minimum atomic E-state index is -0.539. The third-order valence-corrected chi connectivity index (χ3v) is 5.47. The Kier molecular flexibility index (Phi) is 4.11. The molecule has 2 bridgehead atoms. The molecule has 0 radical (unpaired) electrons. The predicted molar refractivity (Wildman–Crippen MR) is 77.7 cm³/mol. The van der Waals surface area contributed by atoms with E-state index in [9.17, 15) is 8.78 Å². The minimum absolute atomic E-state index is 0.0680. The zero-order chi connectivity index (χ0) is 14.3. The molecule has 1 aromatic carbocycles. The topological polar surface area (TPSA) is 38.0 Å². The van der Waals surface area contributed by atoms with Crippen LogP contribution in [0.3, 0.4) is 0 Å². The van der Waals surface area contributed by atoms with Gasteiger partial charge in [-0.2, -0.15) is 0 Å². The molecule has 1 aromatic rings. The van der Waals surface area contributed by atoms with Gasteiger partial charge in [0.15, 0.2) is 0 Å². The van der Waals surface area contributed by atoms with Crippen LogP contribution in [0.15, 0.2) is 16.6 Å². The molecule has 110 valence electrons. The number of rotatable bonds is 4. The maximum Gasteiger partial charge on any atom is 0.132 e. The second-order valence-electron chi connectivity index (χ2n) is 6.17. The summed E-state index contributed by atoms with van der Waals surface area (Å²) < 4.78 is 28.5. The second kappa shape index (κ2) is 5.70. The number of hydrogen-bond acceptors (Lipinski definition) is 2. The van der Waals surface area contributed by atoms with Crippen molar-refractivity contribution in [3.8, 4) is 0 Å². The molecule has 3 rings (SSSR count). The number of nitrogens with one attached hydrogen (secondary N) is 1. The smallest absolute Gasteiger partial charge is 0.132 e. The molecular weight excluding hydrogens is 326 g/mol.